The fraction of sp³-hybridized carbons (Fsp3) is 0.0714. The number of methoxy groups -OCH3 is 1. The zero-order chi connectivity index (χ0) is 14.7. The molecule has 6 heteroatoms. The maximum Gasteiger partial charge on any atom is 0.340 e. The van der Waals surface area contributed by atoms with Gasteiger partial charge in [0, 0.05) is 11.1 Å². The van der Waals surface area contributed by atoms with Crippen molar-refractivity contribution in [2.45, 2.75) is 0 Å². The number of nitrogens with zero attached hydrogens (tertiary/aromatic N) is 1. The van der Waals surface area contributed by atoms with E-state index in [9.17, 15) is 9.59 Å². The van der Waals surface area contributed by atoms with Crippen LogP contribution in [0, 0.1) is 0 Å². The number of aldehydes is 1. The molecular formula is C14H11BrN2O3. The Kier molecular flexibility index (Phi) is 4.14. The second-order valence-electron chi connectivity index (χ2n) is 3.99. The topological polar surface area (TPSA) is 82.3 Å². The third kappa shape index (κ3) is 2.70. The Hall–Kier alpha value is -2.21. The second-order valence-corrected chi connectivity index (χ2v) is 4.80. The summed E-state index contributed by atoms with van der Waals surface area (Å²) in [6, 6.07) is 8.30. The highest BCUT2D eigenvalue weighted by molar-refractivity contribution is 9.10. The van der Waals surface area contributed by atoms with Crippen molar-refractivity contribution in [3.05, 3.63) is 46.1 Å². The molecule has 0 aliphatic rings. The molecule has 102 valence electrons. The number of aromatic nitrogens is 1. The number of ether oxygens (including phenoxy) is 1. The van der Waals surface area contributed by atoms with E-state index in [-0.39, 0.29) is 11.3 Å². The minimum absolute atomic E-state index is 0.211. The van der Waals surface area contributed by atoms with E-state index in [1.54, 1.807) is 24.3 Å². The van der Waals surface area contributed by atoms with Gasteiger partial charge in [-0.1, -0.05) is 18.2 Å². The van der Waals surface area contributed by atoms with Crippen molar-refractivity contribution in [1.29, 1.82) is 0 Å². The van der Waals surface area contributed by atoms with Gasteiger partial charge in [-0.05, 0) is 28.1 Å². The van der Waals surface area contributed by atoms with Gasteiger partial charge in [0.2, 0.25) is 0 Å². The largest absolute Gasteiger partial charge is 0.465 e. The Bertz CT molecular complexity index is 686. The maximum absolute atomic E-state index is 11.7. The number of hydrogen-bond acceptors (Lipinski definition) is 5. The molecule has 1 heterocycles. The van der Waals surface area contributed by atoms with Crippen LogP contribution in [-0.2, 0) is 4.74 Å². The van der Waals surface area contributed by atoms with Crippen LogP contribution in [0.5, 0.6) is 0 Å². The van der Waals surface area contributed by atoms with Crippen molar-refractivity contribution in [1.82, 2.24) is 4.98 Å². The van der Waals surface area contributed by atoms with Crippen LogP contribution in [0.25, 0.3) is 11.3 Å². The molecule has 0 unspecified atom stereocenters. The molecule has 0 radical (unpaired) electrons. The van der Waals surface area contributed by atoms with Crippen LogP contribution in [0.3, 0.4) is 0 Å². The monoisotopic (exact) mass is 334 g/mol. The number of nitrogen functional groups attached to an aromatic ring is 1. The second kappa shape index (κ2) is 5.83. The fourth-order valence-electron chi connectivity index (χ4n) is 1.78. The summed E-state index contributed by atoms with van der Waals surface area (Å²) in [4.78, 5) is 26.8. The predicted molar refractivity (Wildman–Crippen MR) is 78.5 cm³/mol. The first-order chi connectivity index (χ1) is 9.56. The molecule has 0 amide bonds. The molecule has 0 bridgehead atoms. The molecule has 5 nitrogen and oxygen atoms in total. The van der Waals surface area contributed by atoms with E-state index in [2.05, 4.69) is 25.7 Å². The highest BCUT2D eigenvalue weighted by Gasteiger charge is 2.17. The van der Waals surface area contributed by atoms with Crippen LogP contribution in [0.1, 0.15) is 20.7 Å². The fourth-order valence-corrected chi connectivity index (χ4v) is 2.19. The first kappa shape index (κ1) is 14.2. The van der Waals surface area contributed by atoms with E-state index < -0.39 is 5.97 Å². The van der Waals surface area contributed by atoms with Crippen molar-refractivity contribution in [3.63, 3.8) is 0 Å². The number of rotatable bonds is 3. The van der Waals surface area contributed by atoms with Crippen molar-refractivity contribution in [2.24, 2.45) is 0 Å². The Labute approximate surface area is 123 Å². The molecule has 2 rings (SSSR count). The summed E-state index contributed by atoms with van der Waals surface area (Å²) in [5, 5.41) is 0. The molecule has 0 aliphatic carbocycles. The van der Waals surface area contributed by atoms with Crippen LogP contribution in [0.2, 0.25) is 0 Å². The molecule has 2 N–H and O–H groups in total. The van der Waals surface area contributed by atoms with E-state index in [1.807, 2.05) is 0 Å². The molecule has 1 aromatic carbocycles. The minimum atomic E-state index is -0.543. The van der Waals surface area contributed by atoms with Crippen molar-refractivity contribution >= 4 is 33.9 Å². The number of nitrogens with two attached hydrogens (primary N) is 1. The van der Waals surface area contributed by atoms with Crippen LogP contribution in [-0.4, -0.2) is 24.3 Å². The summed E-state index contributed by atoms with van der Waals surface area (Å²) >= 11 is 3.23. The van der Waals surface area contributed by atoms with Gasteiger partial charge >= 0.3 is 5.97 Å². The molecule has 2 aromatic rings. The quantitative estimate of drug-likeness (QED) is 0.530. The maximum atomic E-state index is 11.7. The lowest BCUT2D eigenvalue weighted by atomic mass is 10.0. The van der Waals surface area contributed by atoms with E-state index in [0.29, 0.717) is 21.4 Å². The first-order valence-corrected chi connectivity index (χ1v) is 6.46. The van der Waals surface area contributed by atoms with E-state index in [0.717, 1.165) is 6.29 Å². The number of benzene rings is 1. The molecule has 1 aromatic heterocycles. The minimum Gasteiger partial charge on any atom is -0.465 e. The molecule has 20 heavy (non-hydrogen) atoms. The highest BCUT2D eigenvalue weighted by atomic mass is 79.9. The summed E-state index contributed by atoms with van der Waals surface area (Å²) < 4.78 is 5.14. The number of halogens is 1. The Balaban J connectivity index is 2.64. The third-order valence-electron chi connectivity index (χ3n) is 2.73. The number of hydrogen-bond donors (Lipinski definition) is 1. The molecule has 0 saturated carbocycles. The summed E-state index contributed by atoms with van der Waals surface area (Å²) in [6.07, 6.45) is 0.735. The summed E-state index contributed by atoms with van der Waals surface area (Å²) in [6.45, 7) is 0. The molecular weight excluding hydrogens is 324 g/mol. The number of carbonyl (C=O) groups excluding carboxylic acids is 2. The van der Waals surface area contributed by atoms with Gasteiger partial charge in [-0.25, -0.2) is 9.78 Å². The van der Waals surface area contributed by atoms with Crippen LogP contribution >= 0.6 is 15.9 Å². The van der Waals surface area contributed by atoms with Crippen LogP contribution < -0.4 is 5.73 Å². The highest BCUT2D eigenvalue weighted by Crippen LogP contribution is 2.30. The van der Waals surface area contributed by atoms with Gasteiger partial charge < -0.3 is 10.5 Å². The van der Waals surface area contributed by atoms with Gasteiger partial charge in [0.05, 0.1) is 24.1 Å². The SMILES string of the molecule is COC(=O)c1cc(Br)nc(-c2cccc(C=O)c2)c1N. The lowest BCUT2D eigenvalue weighted by Crippen LogP contribution is -2.08. The zero-order valence-corrected chi connectivity index (χ0v) is 12.2. The molecule has 0 atom stereocenters. The smallest absolute Gasteiger partial charge is 0.340 e. The average Bonchev–Trinajstić information content (AvgIpc) is 2.48. The lowest BCUT2D eigenvalue weighted by Gasteiger charge is -2.10. The summed E-state index contributed by atoms with van der Waals surface area (Å²) in [5.41, 5.74) is 7.99. The van der Waals surface area contributed by atoms with Crippen LogP contribution in [0.15, 0.2) is 34.9 Å². The lowest BCUT2D eigenvalue weighted by molar-refractivity contribution is 0.0601. The van der Waals surface area contributed by atoms with E-state index in [1.165, 1.54) is 13.2 Å². The summed E-state index contributed by atoms with van der Waals surface area (Å²) in [7, 11) is 1.28. The van der Waals surface area contributed by atoms with Gasteiger partial charge in [-0.15, -0.1) is 0 Å². The van der Waals surface area contributed by atoms with Gasteiger partial charge in [-0.3, -0.25) is 4.79 Å². The standard InChI is InChI=1S/C14H11BrN2O3/c1-20-14(19)10-6-11(15)17-13(12(10)16)9-4-2-3-8(5-9)7-18/h2-7H,16H2,1H3. The third-order valence-corrected chi connectivity index (χ3v) is 3.14. The normalized spacial score (nSPS) is 10.1. The van der Waals surface area contributed by atoms with Gasteiger partial charge in [0.15, 0.2) is 0 Å². The van der Waals surface area contributed by atoms with Gasteiger partial charge in [0.25, 0.3) is 0 Å². The number of carbonyl (C=O) groups is 2. The average molecular weight is 335 g/mol. The predicted octanol–water partition coefficient (Wildman–Crippen LogP) is 2.69. The Morgan fingerprint density at radius 1 is 1.40 bits per heavy atom. The molecule has 0 saturated heterocycles. The Morgan fingerprint density at radius 2 is 2.15 bits per heavy atom. The molecule has 0 aliphatic heterocycles. The number of anilines is 1. The van der Waals surface area contributed by atoms with E-state index >= 15 is 0 Å². The van der Waals surface area contributed by atoms with Crippen molar-refractivity contribution < 1.29 is 14.3 Å². The first-order valence-electron chi connectivity index (χ1n) is 5.66. The molecule has 0 spiro atoms. The number of pyridine rings is 1. The zero-order valence-electron chi connectivity index (χ0n) is 10.6. The summed E-state index contributed by atoms with van der Waals surface area (Å²) in [5.74, 6) is -0.543. The Morgan fingerprint density at radius 3 is 2.80 bits per heavy atom. The number of esters is 1. The van der Waals surface area contributed by atoms with Crippen LogP contribution in [0.4, 0.5) is 5.69 Å². The van der Waals surface area contributed by atoms with Crippen molar-refractivity contribution in [2.75, 3.05) is 12.8 Å². The van der Waals surface area contributed by atoms with E-state index in [4.69, 9.17) is 5.73 Å². The van der Waals surface area contributed by atoms with Crippen molar-refractivity contribution in [3.8, 4) is 11.3 Å². The molecule has 0 fully saturated rings. The van der Waals surface area contributed by atoms with Gasteiger partial charge in [-0.2, -0.15) is 0 Å². The van der Waals surface area contributed by atoms with Gasteiger partial charge in [0.1, 0.15) is 10.9 Å².